The van der Waals surface area contributed by atoms with E-state index in [1.54, 1.807) is 0 Å². The fourth-order valence-electron chi connectivity index (χ4n) is 0.531. The minimum atomic E-state index is -0.711. The van der Waals surface area contributed by atoms with Crippen LogP contribution >= 0.6 is 24.4 Å². The van der Waals surface area contributed by atoms with E-state index in [-0.39, 0.29) is 12.8 Å². The van der Waals surface area contributed by atoms with Gasteiger partial charge in [-0.1, -0.05) is 0 Å². The summed E-state index contributed by atoms with van der Waals surface area (Å²) < 4.78 is 8.61. The molecule has 6 nitrogen and oxygen atoms in total. The van der Waals surface area contributed by atoms with Gasteiger partial charge in [0, 0.05) is 0 Å². The molecule has 0 rings (SSSR count). The normalized spacial score (nSPS) is 8.86. The third-order valence-corrected chi connectivity index (χ3v) is 1.13. The van der Waals surface area contributed by atoms with Crippen molar-refractivity contribution in [1.82, 2.24) is 0 Å². The average Bonchev–Trinajstić information content (AvgIpc) is 1.98. The van der Waals surface area contributed by atoms with Crippen LogP contribution in [-0.4, -0.2) is 22.3 Å². The standard InChI is InChI=1S/C6H8N2O4S2/c7-5(13)11-3(9)1-2-4(10)12-6(8)14/h1-2H2,(H2,7,13)(H2,8,14). The molecular formula is C6H8N2O4S2. The Hall–Kier alpha value is -1.28. The van der Waals surface area contributed by atoms with Crippen molar-refractivity contribution in [2.75, 3.05) is 0 Å². The van der Waals surface area contributed by atoms with Crippen molar-refractivity contribution in [3.8, 4) is 0 Å². The lowest BCUT2D eigenvalue weighted by atomic mass is 10.3. The van der Waals surface area contributed by atoms with E-state index in [0.717, 1.165) is 0 Å². The Morgan fingerprint density at radius 1 is 0.929 bits per heavy atom. The largest absolute Gasteiger partial charge is 0.399 e. The van der Waals surface area contributed by atoms with Gasteiger partial charge in [0.1, 0.15) is 0 Å². The van der Waals surface area contributed by atoms with Gasteiger partial charge in [0.05, 0.1) is 12.8 Å². The molecule has 0 saturated heterocycles. The highest BCUT2D eigenvalue weighted by atomic mass is 32.1. The van der Waals surface area contributed by atoms with E-state index in [4.69, 9.17) is 11.5 Å². The quantitative estimate of drug-likeness (QED) is 0.491. The van der Waals surface area contributed by atoms with Crippen LogP contribution in [0.25, 0.3) is 0 Å². The topological polar surface area (TPSA) is 105 Å². The van der Waals surface area contributed by atoms with E-state index in [2.05, 4.69) is 33.9 Å². The first-order valence-electron chi connectivity index (χ1n) is 3.42. The number of nitrogens with two attached hydrogens (primary N) is 2. The molecule has 14 heavy (non-hydrogen) atoms. The molecule has 0 aliphatic heterocycles. The Bertz CT molecular complexity index is 251. The number of carbonyl (C=O) groups excluding carboxylic acids is 2. The first-order chi connectivity index (χ1) is 6.41. The molecule has 4 N–H and O–H groups in total. The molecule has 0 aromatic carbocycles. The van der Waals surface area contributed by atoms with Gasteiger partial charge in [-0.2, -0.15) is 0 Å². The Morgan fingerprint density at radius 3 is 1.43 bits per heavy atom. The van der Waals surface area contributed by atoms with Gasteiger partial charge in [-0.05, 0) is 24.4 Å². The van der Waals surface area contributed by atoms with E-state index >= 15 is 0 Å². The van der Waals surface area contributed by atoms with E-state index in [0.29, 0.717) is 0 Å². The number of rotatable bonds is 3. The van der Waals surface area contributed by atoms with E-state index < -0.39 is 22.3 Å². The molecule has 0 unspecified atom stereocenters. The fourth-order valence-corrected chi connectivity index (χ4v) is 0.716. The minimum absolute atomic E-state index is 0.196. The lowest BCUT2D eigenvalue weighted by Crippen LogP contribution is -2.21. The van der Waals surface area contributed by atoms with Crippen LogP contribution in [0.1, 0.15) is 12.8 Å². The third kappa shape index (κ3) is 7.37. The lowest BCUT2D eigenvalue weighted by molar-refractivity contribution is -0.141. The van der Waals surface area contributed by atoms with Crippen molar-refractivity contribution >= 4 is 46.7 Å². The maximum absolute atomic E-state index is 10.8. The second-order valence-electron chi connectivity index (χ2n) is 2.09. The average molecular weight is 236 g/mol. The molecule has 0 bridgehead atoms. The molecular weight excluding hydrogens is 228 g/mol. The highest BCUT2D eigenvalue weighted by Crippen LogP contribution is 1.95. The molecule has 0 aliphatic carbocycles. The molecule has 0 atom stereocenters. The molecule has 0 spiro atoms. The van der Waals surface area contributed by atoms with Gasteiger partial charge in [-0.15, -0.1) is 0 Å². The van der Waals surface area contributed by atoms with Crippen molar-refractivity contribution in [2.24, 2.45) is 11.5 Å². The van der Waals surface area contributed by atoms with Crippen molar-refractivity contribution in [1.29, 1.82) is 0 Å². The zero-order valence-electron chi connectivity index (χ0n) is 7.02. The van der Waals surface area contributed by atoms with Crippen LogP contribution in [-0.2, 0) is 19.1 Å². The summed E-state index contributed by atoms with van der Waals surface area (Å²) in [6.45, 7) is 0. The van der Waals surface area contributed by atoms with Gasteiger partial charge < -0.3 is 20.9 Å². The summed E-state index contributed by atoms with van der Waals surface area (Å²) in [5.74, 6) is -1.42. The predicted octanol–water partition coefficient (Wildman–Crippen LogP) is -0.660. The highest BCUT2D eigenvalue weighted by molar-refractivity contribution is 7.80. The third-order valence-electron chi connectivity index (χ3n) is 0.962. The summed E-state index contributed by atoms with van der Waals surface area (Å²) in [5.41, 5.74) is 9.82. The smallest absolute Gasteiger partial charge is 0.313 e. The summed E-state index contributed by atoms with van der Waals surface area (Å²) in [4.78, 5) is 21.6. The molecule has 0 aromatic rings. The Balaban J connectivity index is 3.72. The number of hydrogen-bond donors (Lipinski definition) is 2. The van der Waals surface area contributed by atoms with Gasteiger partial charge in [0.25, 0.3) is 10.3 Å². The van der Waals surface area contributed by atoms with Crippen LogP contribution < -0.4 is 11.5 Å². The molecule has 78 valence electrons. The van der Waals surface area contributed by atoms with Crippen molar-refractivity contribution in [2.45, 2.75) is 12.8 Å². The summed E-state index contributed by atoms with van der Waals surface area (Å²) in [6.07, 6.45) is -0.391. The van der Waals surface area contributed by atoms with Gasteiger partial charge in [0.15, 0.2) is 0 Å². The highest BCUT2D eigenvalue weighted by Gasteiger charge is 2.10. The maximum atomic E-state index is 10.8. The molecule has 0 aromatic heterocycles. The van der Waals surface area contributed by atoms with Gasteiger partial charge in [0.2, 0.25) is 0 Å². The van der Waals surface area contributed by atoms with Crippen molar-refractivity contribution in [3.05, 3.63) is 0 Å². The van der Waals surface area contributed by atoms with E-state index in [9.17, 15) is 9.59 Å². The second kappa shape index (κ2) is 6.22. The first-order valence-corrected chi connectivity index (χ1v) is 4.23. The number of hydrogen-bond acceptors (Lipinski definition) is 6. The van der Waals surface area contributed by atoms with E-state index in [1.807, 2.05) is 0 Å². The summed E-state index contributed by atoms with van der Waals surface area (Å²) >= 11 is 8.60. The Morgan fingerprint density at radius 2 is 1.21 bits per heavy atom. The predicted molar refractivity (Wildman–Crippen MR) is 55.0 cm³/mol. The first kappa shape index (κ1) is 12.7. The zero-order valence-corrected chi connectivity index (χ0v) is 8.65. The lowest BCUT2D eigenvalue weighted by Gasteiger charge is -2.01. The Kier molecular flexibility index (Phi) is 5.65. The van der Waals surface area contributed by atoms with Crippen LogP contribution in [0.2, 0.25) is 0 Å². The molecule has 0 radical (unpaired) electrons. The number of carbonyl (C=O) groups is 2. The van der Waals surface area contributed by atoms with Crippen molar-refractivity contribution in [3.63, 3.8) is 0 Å². The summed E-state index contributed by atoms with van der Waals surface area (Å²) in [5, 5.41) is -0.782. The van der Waals surface area contributed by atoms with Crippen LogP contribution in [0, 0.1) is 0 Å². The minimum Gasteiger partial charge on any atom is -0.399 e. The number of esters is 2. The van der Waals surface area contributed by atoms with E-state index in [1.165, 1.54) is 0 Å². The zero-order chi connectivity index (χ0) is 11.1. The molecule has 0 saturated carbocycles. The van der Waals surface area contributed by atoms with Gasteiger partial charge >= 0.3 is 11.9 Å². The van der Waals surface area contributed by atoms with Gasteiger partial charge in [-0.3, -0.25) is 9.59 Å². The number of thiocarbonyl (C=S) groups is 2. The van der Waals surface area contributed by atoms with Crippen LogP contribution in [0.15, 0.2) is 0 Å². The summed E-state index contributed by atoms with van der Waals surface area (Å²) in [7, 11) is 0. The van der Waals surface area contributed by atoms with Crippen LogP contribution in [0.4, 0.5) is 0 Å². The van der Waals surface area contributed by atoms with Crippen LogP contribution in [0.5, 0.6) is 0 Å². The molecule has 0 heterocycles. The second-order valence-corrected chi connectivity index (χ2v) is 2.89. The molecule has 0 amide bonds. The number of ether oxygens (including phenoxy) is 2. The monoisotopic (exact) mass is 236 g/mol. The molecule has 0 fully saturated rings. The van der Waals surface area contributed by atoms with Gasteiger partial charge in [-0.25, -0.2) is 0 Å². The van der Waals surface area contributed by atoms with Crippen molar-refractivity contribution < 1.29 is 19.1 Å². The maximum Gasteiger partial charge on any atom is 0.313 e. The SMILES string of the molecule is NC(=S)OC(=O)CCC(=O)OC(N)=S. The molecule has 8 heteroatoms. The fraction of sp³-hybridized carbons (Fsp3) is 0.333. The Labute approximate surface area is 90.5 Å². The summed E-state index contributed by atoms with van der Waals surface area (Å²) in [6, 6.07) is 0. The molecule has 0 aliphatic rings. The van der Waals surface area contributed by atoms with Crippen LogP contribution in [0.3, 0.4) is 0 Å².